The molecule has 1 aromatic heterocycles. The van der Waals surface area contributed by atoms with Crippen molar-refractivity contribution in [3.63, 3.8) is 0 Å². The molecule has 4 aromatic rings. The summed E-state index contributed by atoms with van der Waals surface area (Å²) in [6, 6.07) is 21.7. The first kappa shape index (κ1) is 20.7. The van der Waals surface area contributed by atoms with Gasteiger partial charge in [-0.15, -0.1) is 0 Å². The van der Waals surface area contributed by atoms with Crippen molar-refractivity contribution in [3.8, 4) is 0 Å². The molecule has 5 rings (SSSR count). The third kappa shape index (κ3) is 3.29. The molecule has 3 aromatic carbocycles. The number of allylic oxidation sites excluding steroid dienone is 1. The van der Waals surface area contributed by atoms with Crippen LogP contribution in [0.3, 0.4) is 0 Å². The summed E-state index contributed by atoms with van der Waals surface area (Å²) in [7, 11) is -3.87. The zero-order valence-corrected chi connectivity index (χ0v) is 18.9. The summed E-state index contributed by atoms with van der Waals surface area (Å²) in [5, 5.41) is 1.23. The highest BCUT2D eigenvalue weighted by atomic mass is 35.5. The van der Waals surface area contributed by atoms with Crippen LogP contribution in [0, 0.1) is 6.92 Å². The fraction of sp³-hybridized carbons (Fsp3) is 0.115. The maximum atomic E-state index is 13.8. The van der Waals surface area contributed by atoms with E-state index in [4.69, 9.17) is 11.6 Å². The zero-order chi connectivity index (χ0) is 22.5. The number of fused-ring (bicyclic) bond motifs is 3. The van der Waals surface area contributed by atoms with Crippen LogP contribution in [-0.2, 0) is 21.2 Å². The number of carbonyl (C=O) groups is 1. The molecular weight excluding hydrogens is 442 g/mol. The van der Waals surface area contributed by atoms with Crippen molar-refractivity contribution in [1.82, 2.24) is 3.97 Å². The normalized spacial score (nSPS) is 15.9. The molecule has 0 N–H and O–H groups in total. The van der Waals surface area contributed by atoms with Crippen LogP contribution in [-0.4, -0.2) is 18.7 Å². The lowest BCUT2D eigenvalue weighted by Crippen LogP contribution is -2.20. The van der Waals surface area contributed by atoms with E-state index in [9.17, 15) is 13.2 Å². The van der Waals surface area contributed by atoms with Crippen molar-refractivity contribution in [2.24, 2.45) is 0 Å². The number of hydrogen-bond acceptors (Lipinski definition) is 3. The number of halogens is 1. The van der Waals surface area contributed by atoms with E-state index < -0.39 is 10.0 Å². The lowest BCUT2D eigenvalue weighted by Gasteiger charge is -2.24. The monoisotopic (exact) mass is 461 g/mol. The van der Waals surface area contributed by atoms with Crippen LogP contribution in [0.2, 0.25) is 5.02 Å². The van der Waals surface area contributed by atoms with E-state index in [1.54, 1.807) is 42.5 Å². The highest BCUT2D eigenvalue weighted by molar-refractivity contribution is 7.90. The predicted molar refractivity (Wildman–Crippen MR) is 128 cm³/mol. The molecule has 1 aliphatic rings. The molecule has 1 aliphatic carbocycles. The number of benzene rings is 3. The van der Waals surface area contributed by atoms with E-state index >= 15 is 0 Å². The standard InChI is InChI=1S/C26H20ClNO3S/c1-17-7-10-21(11-8-17)32(30,31)28-25-12-9-20(27)14-24(25)23-13-19(16-29)22(15-26(23)28)18-5-3-2-4-6-18/h2-14,16,22H,15H2,1H3/t22-/m1/s1. The first-order valence-electron chi connectivity index (χ1n) is 10.3. The molecule has 6 heteroatoms. The van der Waals surface area contributed by atoms with Crippen LogP contribution in [0.4, 0.5) is 0 Å². The lowest BCUT2D eigenvalue weighted by molar-refractivity contribution is -0.105. The molecule has 0 amide bonds. The highest BCUT2D eigenvalue weighted by Gasteiger charge is 2.32. The second-order valence-corrected chi connectivity index (χ2v) is 10.3. The summed E-state index contributed by atoms with van der Waals surface area (Å²) in [4.78, 5) is 12.2. The predicted octanol–water partition coefficient (Wildman–Crippen LogP) is 5.76. The molecule has 0 radical (unpaired) electrons. The van der Waals surface area contributed by atoms with Crippen LogP contribution in [0.5, 0.6) is 0 Å². The van der Waals surface area contributed by atoms with Gasteiger partial charge < -0.3 is 0 Å². The molecule has 0 saturated carbocycles. The van der Waals surface area contributed by atoms with Crippen molar-refractivity contribution in [2.75, 3.05) is 0 Å². The van der Waals surface area contributed by atoms with Gasteiger partial charge in [0.15, 0.2) is 0 Å². The topological polar surface area (TPSA) is 56.1 Å². The van der Waals surface area contributed by atoms with E-state index in [1.165, 1.54) is 3.97 Å². The second-order valence-electron chi connectivity index (χ2n) is 8.03. The smallest absolute Gasteiger partial charge is 0.268 e. The van der Waals surface area contributed by atoms with Gasteiger partial charge in [-0.25, -0.2) is 12.4 Å². The largest absolute Gasteiger partial charge is 0.298 e. The van der Waals surface area contributed by atoms with Gasteiger partial charge in [0.25, 0.3) is 10.0 Å². The SMILES string of the molecule is Cc1ccc(S(=O)(=O)n2c3c(c4cc(Cl)ccc42)C=C(C=O)[C@@H](c2ccccc2)C3)cc1. The minimum atomic E-state index is -3.87. The summed E-state index contributed by atoms with van der Waals surface area (Å²) in [5.74, 6) is -0.229. The minimum Gasteiger partial charge on any atom is -0.298 e. The summed E-state index contributed by atoms with van der Waals surface area (Å²) in [6.45, 7) is 1.92. The quantitative estimate of drug-likeness (QED) is 0.363. The Morgan fingerprint density at radius 1 is 1.00 bits per heavy atom. The van der Waals surface area contributed by atoms with Gasteiger partial charge in [0.2, 0.25) is 0 Å². The maximum absolute atomic E-state index is 13.8. The molecule has 1 atom stereocenters. The first-order chi connectivity index (χ1) is 15.4. The molecule has 1 heterocycles. The third-order valence-corrected chi connectivity index (χ3v) is 8.03. The van der Waals surface area contributed by atoms with E-state index in [1.807, 2.05) is 43.3 Å². The lowest BCUT2D eigenvalue weighted by atomic mass is 9.82. The van der Waals surface area contributed by atoms with Crippen LogP contribution in [0.25, 0.3) is 17.0 Å². The van der Waals surface area contributed by atoms with E-state index in [0.717, 1.165) is 23.0 Å². The number of rotatable bonds is 4. The van der Waals surface area contributed by atoms with Gasteiger partial charge in [-0.2, -0.15) is 0 Å². The molecule has 0 bridgehead atoms. The van der Waals surface area contributed by atoms with Gasteiger partial charge in [0.1, 0.15) is 6.29 Å². The number of aryl methyl sites for hydroxylation is 1. The summed E-state index contributed by atoms with van der Waals surface area (Å²) >= 11 is 6.26. The number of hydrogen-bond donors (Lipinski definition) is 0. The van der Waals surface area contributed by atoms with Gasteiger partial charge in [-0.3, -0.25) is 4.79 Å². The van der Waals surface area contributed by atoms with Crippen LogP contribution in [0.15, 0.2) is 83.3 Å². The Kier molecular flexibility index (Phi) is 5.03. The first-order valence-corrected chi connectivity index (χ1v) is 12.1. The van der Waals surface area contributed by atoms with Crippen molar-refractivity contribution in [2.45, 2.75) is 24.2 Å². The molecule has 0 unspecified atom stereocenters. The summed E-state index contributed by atoms with van der Waals surface area (Å²) in [6.07, 6.45) is 3.06. The van der Waals surface area contributed by atoms with Gasteiger partial charge in [0, 0.05) is 39.6 Å². The molecule has 0 spiro atoms. The molecule has 4 nitrogen and oxygen atoms in total. The van der Waals surface area contributed by atoms with Crippen molar-refractivity contribution in [3.05, 3.63) is 106 Å². The average Bonchev–Trinajstić information content (AvgIpc) is 3.12. The molecule has 32 heavy (non-hydrogen) atoms. The van der Waals surface area contributed by atoms with E-state index in [0.29, 0.717) is 33.6 Å². The van der Waals surface area contributed by atoms with Crippen LogP contribution in [0.1, 0.15) is 28.3 Å². The number of nitrogens with zero attached hydrogens (tertiary/aromatic N) is 1. The van der Waals surface area contributed by atoms with Gasteiger partial charge in [-0.1, -0.05) is 59.6 Å². The fourth-order valence-electron chi connectivity index (χ4n) is 4.45. The number of carbonyl (C=O) groups excluding carboxylic acids is 1. The zero-order valence-electron chi connectivity index (χ0n) is 17.3. The number of aldehydes is 1. The fourth-order valence-corrected chi connectivity index (χ4v) is 6.19. The molecule has 0 aliphatic heterocycles. The Labute approximate surface area is 191 Å². The minimum absolute atomic E-state index is 0.221. The Bertz CT molecular complexity index is 1480. The second kappa shape index (κ2) is 7.76. The summed E-state index contributed by atoms with van der Waals surface area (Å²) < 4.78 is 29.0. The molecule has 160 valence electrons. The van der Waals surface area contributed by atoms with Gasteiger partial charge in [0.05, 0.1) is 10.4 Å². The average molecular weight is 462 g/mol. The molecular formula is C26H20ClNO3S. The van der Waals surface area contributed by atoms with Crippen molar-refractivity contribution >= 4 is 44.9 Å². The number of aromatic nitrogens is 1. The van der Waals surface area contributed by atoms with Crippen molar-refractivity contribution < 1.29 is 13.2 Å². The highest BCUT2D eigenvalue weighted by Crippen LogP contribution is 2.41. The Morgan fingerprint density at radius 2 is 1.72 bits per heavy atom. The van der Waals surface area contributed by atoms with Gasteiger partial charge in [-0.05, 0) is 48.9 Å². The van der Waals surface area contributed by atoms with Crippen molar-refractivity contribution in [1.29, 1.82) is 0 Å². The molecule has 0 fully saturated rings. The molecule has 0 saturated heterocycles. The Morgan fingerprint density at radius 3 is 2.41 bits per heavy atom. The van der Waals surface area contributed by atoms with Crippen LogP contribution < -0.4 is 0 Å². The Balaban J connectivity index is 1.81. The summed E-state index contributed by atoms with van der Waals surface area (Å²) in [5.41, 5.74) is 4.51. The van der Waals surface area contributed by atoms with E-state index in [-0.39, 0.29) is 10.8 Å². The van der Waals surface area contributed by atoms with E-state index in [2.05, 4.69) is 0 Å². The van der Waals surface area contributed by atoms with Crippen LogP contribution >= 0.6 is 11.6 Å². The third-order valence-electron chi connectivity index (χ3n) is 6.03. The Hall–Kier alpha value is -3.15. The van der Waals surface area contributed by atoms with Gasteiger partial charge >= 0.3 is 0 Å². The maximum Gasteiger partial charge on any atom is 0.268 e.